The van der Waals surface area contributed by atoms with Gasteiger partial charge in [0.2, 0.25) is 5.88 Å². The van der Waals surface area contributed by atoms with E-state index in [1.165, 1.54) is 11.3 Å². The Morgan fingerprint density at radius 2 is 2.12 bits per heavy atom. The molecule has 8 nitrogen and oxygen atoms in total. The van der Waals surface area contributed by atoms with Crippen molar-refractivity contribution in [2.45, 2.75) is 25.9 Å². The molecule has 4 rings (SSSR count). The Hall–Kier alpha value is -2.81. The molecule has 1 amide bonds. The van der Waals surface area contributed by atoms with Crippen LogP contribution in [0.3, 0.4) is 0 Å². The molecule has 3 aromatic heterocycles. The van der Waals surface area contributed by atoms with Crippen LogP contribution in [0.15, 0.2) is 36.1 Å². The van der Waals surface area contributed by atoms with Gasteiger partial charge in [0.25, 0.3) is 5.91 Å². The number of likely N-dealkylation sites (tertiary alicyclic amines) is 1. The van der Waals surface area contributed by atoms with Gasteiger partial charge >= 0.3 is 0 Å². The second-order valence-corrected chi connectivity index (χ2v) is 6.91. The summed E-state index contributed by atoms with van der Waals surface area (Å²) in [6.07, 6.45) is 5.07. The number of amides is 1. The molecule has 0 aromatic carbocycles. The van der Waals surface area contributed by atoms with Crippen LogP contribution in [-0.4, -0.2) is 55.0 Å². The molecule has 0 spiro atoms. The highest BCUT2D eigenvalue weighted by atomic mass is 32.1. The molecule has 3 aromatic rings. The molecule has 0 aliphatic carbocycles. The predicted molar refractivity (Wildman–Crippen MR) is 95.6 cm³/mol. The number of aromatic nitrogens is 5. The van der Waals surface area contributed by atoms with E-state index in [9.17, 15) is 4.79 Å². The number of piperidine rings is 1. The van der Waals surface area contributed by atoms with E-state index in [1.807, 2.05) is 30.2 Å². The maximum absolute atomic E-state index is 12.5. The van der Waals surface area contributed by atoms with Crippen LogP contribution in [0.4, 0.5) is 0 Å². The highest BCUT2D eigenvalue weighted by Crippen LogP contribution is 2.21. The van der Waals surface area contributed by atoms with E-state index >= 15 is 0 Å². The Morgan fingerprint density at radius 1 is 1.27 bits per heavy atom. The van der Waals surface area contributed by atoms with Gasteiger partial charge in [0.05, 0.1) is 11.2 Å². The lowest BCUT2D eigenvalue weighted by Crippen LogP contribution is -2.41. The average molecular weight is 370 g/mol. The van der Waals surface area contributed by atoms with E-state index < -0.39 is 0 Å². The molecule has 0 N–H and O–H groups in total. The van der Waals surface area contributed by atoms with Crippen LogP contribution in [0.1, 0.15) is 28.2 Å². The number of rotatable bonds is 4. The standard InChI is InChI=1S/C17H18N6O2S/c1-12-16(26-11-18-12)17(24)22-9-5-13(6-10-22)25-15-4-3-14(20-21-15)23-8-2-7-19-23/h2-4,7-8,11,13H,5-6,9-10H2,1H3. The van der Waals surface area contributed by atoms with Crippen LogP contribution in [0, 0.1) is 6.92 Å². The van der Waals surface area contributed by atoms with Gasteiger partial charge in [-0.3, -0.25) is 4.79 Å². The summed E-state index contributed by atoms with van der Waals surface area (Å²) < 4.78 is 7.56. The lowest BCUT2D eigenvalue weighted by molar-refractivity contribution is 0.0589. The summed E-state index contributed by atoms with van der Waals surface area (Å²) in [5, 5.41) is 12.4. The Kier molecular flexibility index (Phi) is 4.61. The van der Waals surface area contributed by atoms with Gasteiger partial charge in [0.15, 0.2) is 5.82 Å². The number of thiazole rings is 1. The van der Waals surface area contributed by atoms with Crippen molar-refractivity contribution in [1.82, 2.24) is 29.9 Å². The first-order chi connectivity index (χ1) is 12.7. The van der Waals surface area contributed by atoms with Crippen molar-refractivity contribution < 1.29 is 9.53 Å². The number of ether oxygens (including phenoxy) is 1. The van der Waals surface area contributed by atoms with Gasteiger partial charge < -0.3 is 9.64 Å². The molecule has 1 saturated heterocycles. The van der Waals surface area contributed by atoms with Gasteiger partial charge in [0.1, 0.15) is 11.0 Å². The van der Waals surface area contributed by atoms with Crippen molar-refractivity contribution in [3.8, 4) is 11.7 Å². The fourth-order valence-electron chi connectivity index (χ4n) is 2.90. The molecule has 0 atom stereocenters. The number of hydrogen-bond donors (Lipinski definition) is 0. The molecule has 0 bridgehead atoms. The Morgan fingerprint density at radius 3 is 2.73 bits per heavy atom. The van der Waals surface area contributed by atoms with E-state index in [4.69, 9.17) is 4.74 Å². The number of carbonyl (C=O) groups excluding carboxylic acids is 1. The van der Waals surface area contributed by atoms with Crippen LogP contribution in [0.2, 0.25) is 0 Å². The molecule has 1 aliphatic heterocycles. The smallest absolute Gasteiger partial charge is 0.265 e. The zero-order valence-electron chi connectivity index (χ0n) is 14.3. The molecule has 26 heavy (non-hydrogen) atoms. The second-order valence-electron chi connectivity index (χ2n) is 6.06. The molecule has 0 radical (unpaired) electrons. The molecule has 9 heteroatoms. The van der Waals surface area contributed by atoms with Gasteiger partial charge in [-0.05, 0) is 19.1 Å². The highest BCUT2D eigenvalue weighted by Gasteiger charge is 2.26. The van der Waals surface area contributed by atoms with Gasteiger partial charge in [-0.1, -0.05) is 0 Å². The zero-order chi connectivity index (χ0) is 17.9. The third kappa shape index (κ3) is 3.43. The van der Waals surface area contributed by atoms with Gasteiger partial charge in [0, 0.05) is 44.4 Å². The first kappa shape index (κ1) is 16.6. The third-order valence-corrected chi connectivity index (χ3v) is 5.24. The largest absolute Gasteiger partial charge is 0.473 e. The number of aryl methyl sites for hydroxylation is 1. The summed E-state index contributed by atoms with van der Waals surface area (Å²) in [6, 6.07) is 5.44. The summed E-state index contributed by atoms with van der Waals surface area (Å²) in [6.45, 7) is 3.20. The lowest BCUT2D eigenvalue weighted by atomic mass is 10.1. The highest BCUT2D eigenvalue weighted by molar-refractivity contribution is 7.11. The summed E-state index contributed by atoms with van der Waals surface area (Å²) in [7, 11) is 0. The minimum atomic E-state index is 0.0338. The number of carbonyl (C=O) groups is 1. The van der Waals surface area contributed by atoms with Gasteiger partial charge in [-0.25, -0.2) is 9.67 Å². The SMILES string of the molecule is Cc1ncsc1C(=O)N1CCC(Oc2ccc(-n3cccn3)nn2)CC1. The van der Waals surface area contributed by atoms with E-state index in [1.54, 1.807) is 22.5 Å². The summed E-state index contributed by atoms with van der Waals surface area (Å²) in [5.41, 5.74) is 2.51. The van der Waals surface area contributed by atoms with Crippen LogP contribution >= 0.6 is 11.3 Å². The van der Waals surface area contributed by atoms with Crippen molar-refractivity contribution in [3.63, 3.8) is 0 Å². The average Bonchev–Trinajstić information content (AvgIpc) is 3.34. The third-order valence-electron chi connectivity index (χ3n) is 4.32. The van der Waals surface area contributed by atoms with Crippen molar-refractivity contribution >= 4 is 17.2 Å². The Labute approximate surface area is 154 Å². The maximum Gasteiger partial charge on any atom is 0.265 e. The lowest BCUT2D eigenvalue weighted by Gasteiger charge is -2.31. The monoisotopic (exact) mass is 370 g/mol. The van der Waals surface area contributed by atoms with Crippen LogP contribution in [-0.2, 0) is 0 Å². The van der Waals surface area contributed by atoms with E-state index in [-0.39, 0.29) is 12.0 Å². The van der Waals surface area contributed by atoms with Crippen LogP contribution in [0.5, 0.6) is 5.88 Å². The molecular formula is C17H18N6O2S. The molecule has 1 aliphatic rings. The van der Waals surface area contributed by atoms with Crippen molar-refractivity contribution in [2.24, 2.45) is 0 Å². The van der Waals surface area contributed by atoms with E-state index in [2.05, 4.69) is 20.3 Å². The van der Waals surface area contributed by atoms with Crippen molar-refractivity contribution in [1.29, 1.82) is 0 Å². The van der Waals surface area contributed by atoms with Crippen LogP contribution < -0.4 is 4.74 Å². The first-order valence-electron chi connectivity index (χ1n) is 8.40. The minimum Gasteiger partial charge on any atom is -0.473 e. The van der Waals surface area contributed by atoms with Crippen LogP contribution in [0.25, 0.3) is 5.82 Å². The number of nitrogens with zero attached hydrogens (tertiary/aromatic N) is 6. The second kappa shape index (κ2) is 7.20. The quantitative estimate of drug-likeness (QED) is 0.699. The summed E-state index contributed by atoms with van der Waals surface area (Å²) >= 11 is 1.40. The Bertz CT molecular complexity index is 869. The first-order valence-corrected chi connectivity index (χ1v) is 9.28. The predicted octanol–water partition coefficient (Wildman–Crippen LogP) is 2.11. The summed E-state index contributed by atoms with van der Waals surface area (Å²) in [4.78, 5) is 19.3. The fraction of sp³-hybridized carbons (Fsp3) is 0.353. The summed E-state index contributed by atoms with van der Waals surface area (Å²) in [5.74, 6) is 1.19. The normalized spacial score (nSPS) is 15.2. The van der Waals surface area contributed by atoms with E-state index in [0.717, 1.165) is 23.4 Å². The molecule has 1 fully saturated rings. The molecule has 0 unspecified atom stereocenters. The topological polar surface area (TPSA) is 86.0 Å². The van der Waals surface area contributed by atoms with E-state index in [0.29, 0.717) is 24.8 Å². The molecule has 134 valence electrons. The molecule has 0 saturated carbocycles. The molecule has 4 heterocycles. The number of hydrogen-bond acceptors (Lipinski definition) is 7. The maximum atomic E-state index is 12.5. The van der Waals surface area contributed by atoms with Gasteiger partial charge in [-0.15, -0.1) is 21.5 Å². The Balaban J connectivity index is 1.32. The molecular weight excluding hydrogens is 352 g/mol. The minimum absolute atomic E-state index is 0.0338. The zero-order valence-corrected chi connectivity index (χ0v) is 15.1. The van der Waals surface area contributed by atoms with Gasteiger partial charge in [-0.2, -0.15) is 5.10 Å². The van der Waals surface area contributed by atoms with Crippen molar-refractivity contribution in [3.05, 3.63) is 46.7 Å². The van der Waals surface area contributed by atoms with Crippen molar-refractivity contribution in [2.75, 3.05) is 13.1 Å². The fourth-order valence-corrected chi connectivity index (χ4v) is 3.67.